The number of halogens is 1. The van der Waals surface area contributed by atoms with Crippen LogP contribution in [-0.2, 0) is 9.59 Å². The van der Waals surface area contributed by atoms with Gasteiger partial charge < -0.3 is 10.1 Å². The highest BCUT2D eigenvalue weighted by Crippen LogP contribution is 2.25. The largest absolute Gasteiger partial charge is 0.484 e. The first-order valence-electron chi connectivity index (χ1n) is 6.61. The normalized spacial score (nSPS) is 9.82. The number of hydrogen-bond donors (Lipinski definition) is 3. The molecule has 0 aliphatic rings. The first kappa shape index (κ1) is 18.2. The topological polar surface area (TPSA) is 79.5 Å². The number of benzene rings is 1. The van der Waals surface area contributed by atoms with Crippen LogP contribution in [-0.4, -0.2) is 23.5 Å². The molecule has 0 atom stereocenters. The predicted molar refractivity (Wildman–Crippen MR) is 88.7 cm³/mol. The van der Waals surface area contributed by atoms with Crippen molar-refractivity contribution in [3.63, 3.8) is 0 Å². The molecule has 2 amide bonds. The monoisotopic (exact) mass is 343 g/mol. The van der Waals surface area contributed by atoms with Crippen LogP contribution in [0.15, 0.2) is 12.1 Å². The number of hydrogen-bond acceptors (Lipinski definition) is 4. The average molecular weight is 344 g/mol. The average Bonchev–Trinajstić information content (AvgIpc) is 2.48. The zero-order valence-corrected chi connectivity index (χ0v) is 14.2. The highest BCUT2D eigenvalue weighted by atomic mass is 35.5. The van der Waals surface area contributed by atoms with E-state index in [0.29, 0.717) is 17.2 Å². The van der Waals surface area contributed by atoms with Crippen LogP contribution in [0.1, 0.15) is 24.5 Å². The molecule has 120 valence electrons. The summed E-state index contributed by atoms with van der Waals surface area (Å²) < 4.78 is 5.38. The van der Waals surface area contributed by atoms with Crippen molar-refractivity contribution in [1.82, 2.24) is 16.2 Å². The molecule has 0 aromatic heterocycles. The quantitative estimate of drug-likeness (QED) is 0.573. The molecule has 22 heavy (non-hydrogen) atoms. The Balaban J connectivity index is 2.40. The van der Waals surface area contributed by atoms with E-state index in [1.54, 1.807) is 19.1 Å². The van der Waals surface area contributed by atoms with Crippen LogP contribution in [0, 0.1) is 13.8 Å². The SMILES string of the molecule is CCC(=O)NC(=S)NNC(=O)COc1cc(C)c(Cl)c(C)c1. The van der Waals surface area contributed by atoms with Gasteiger partial charge in [-0.25, -0.2) is 0 Å². The van der Waals surface area contributed by atoms with Crippen molar-refractivity contribution in [2.75, 3.05) is 6.61 Å². The molecule has 0 spiro atoms. The summed E-state index contributed by atoms with van der Waals surface area (Å²) in [6, 6.07) is 3.50. The third-order valence-corrected chi connectivity index (χ3v) is 3.47. The molecule has 0 aliphatic carbocycles. The molecule has 0 saturated carbocycles. The van der Waals surface area contributed by atoms with Crippen molar-refractivity contribution in [3.05, 3.63) is 28.3 Å². The Kier molecular flexibility index (Phi) is 7.07. The molecule has 0 bridgehead atoms. The first-order chi connectivity index (χ1) is 10.3. The summed E-state index contributed by atoms with van der Waals surface area (Å²) in [6.45, 7) is 5.22. The van der Waals surface area contributed by atoms with Crippen molar-refractivity contribution in [2.24, 2.45) is 0 Å². The lowest BCUT2D eigenvalue weighted by Gasteiger charge is -2.12. The van der Waals surface area contributed by atoms with Crippen LogP contribution in [0.2, 0.25) is 5.02 Å². The zero-order valence-electron chi connectivity index (χ0n) is 12.6. The number of rotatable bonds is 4. The Morgan fingerprint density at radius 2 is 1.77 bits per heavy atom. The summed E-state index contributed by atoms with van der Waals surface area (Å²) in [5, 5.41) is 3.09. The highest BCUT2D eigenvalue weighted by molar-refractivity contribution is 7.80. The van der Waals surface area contributed by atoms with Crippen molar-refractivity contribution in [2.45, 2.75) is 27.2 Å². The van der Waals surface area contributed by atoms with Gasteiger partial charge in [-0.1, -0.05) is 18.5 Å². The molecule has 1 aromatic carbocycles. The molecule has 1 rings (SSSR count). The minimum Gasteiger partial charge on any atom is -0.484 e. The number of amides is 2. The standard InChI is InChI=1S/C14H18ClN3O3S/c1-4-11(19)16-14(22)18-17-12(20)7-21-10-5-8(2)13(15)9(3)6-10/h5-6H,4,7H2,1-3H3,(H,17,20)(H2,16,18,19,22). The molecular weight excluding hydrogens is 326 g/mol. The van der Waals surface area contributed by atoms with Crippen LogP contribution in [0.5, 0.6) is 5.75 Å². The zero-order chi connectivity index (χ0) is 16.7. The van der Waals surface area contributed by atoms with Gasteiger partial charge in [0.05, 0.1) is 0 Å². The van der Waals surface area contributed by atoms with Gasteiger partial charge in [-0.3, -0.25) is 20.4 Å². The van der Waals surface area contributed by atoms with E-state index in [-0.39, 0.29) is 17.6 Å². The molecule has 1 aromatic rings. The van der Waals surface area contributed by atoms with Gasteiger partial charge in [-0.05, 0) is 49.3 Å². The van der Waals surface area contributed by atoms with Gasteiger partial charge in [0.2, 0.25) is 5.91 Å². The molecule has 0 radical (unpaired) electrons. The van der Waals surface area contributed by atoms with Crippen LogP contribution in [0.4, 0.5) is 0 Å². The Hall–Kier alpha value is -1.86. The van der Waals surface area contributed by atoms with Gasteiger partial charge in [-0.15, -0.1) is 0 Å². The number of ether oxygens (including phenoxy) is 1. The van der Waals surface area contributed by atoms with E-state index in [1.807, 2.05) is 13.8 Å². The molecule has 0 fully saturated rings. The minimum absolute atomic E-state index is 0.0263. The Morgan fingerprint density at radius 3 is 2.32 bits per heavy atom. The van der Waals surface area contributed by atoms with E-state index >= 15 is 0 Å². The lowest BCUT2D eigenvalue weighted by atomic mass is 10.1. The van der Waals surface area contributed by atoms with Gasteiger partial charge in [-0.2, -0.15) is 0 Å². The van der Waals surface area contributed by atoms with Crippen LogP contribution >= 0.6 is 23.8 Å². The summed E-state index contributed by atoms with van der Waals surface area (Å²) in [5.41, 5.74) is 6.49. The summed E-state index contributed by atoms with van der Waals surface area (Å²) >= 11 is 10.9. The second-order valence-corrected chi connectivity index (χ2v) is 5.35. The van der Waals surface area contributed by atoms with E-state index in [0.717, 1.165) is 11.1 Å². The fourth-order valence-corrected chi connectivity index (χ4v) is 1.82. The third-order valence-electron chi connectivity index (χ3n) is 2.67. The Labute approximate surface area is 139 Å². The molecule has 0 aliphatic heterocycles. The smallest absolute Gasteiger partial charge is 0.276 e. The van der Waals surface area contributed by atoms with Crippen molar-refractivity contribution >= 4 is 40.7 Å². The summed E-state index contributed by atoms with van der Waals surface area (Å²) in [7, 11) is 0. The maximum absolute atomic E-state index is 11.6. The predicted octanol–water partition coefficient (Wildman–Crippen LogP) is 1.77. The van der Waals surface area contributed by atoms with E-state index in [4.69, 9.17) is 28.6 Å². The molecule has 0 heterocycles. The Morgan fingerprint density at radius 1 is 1.18 bits per heavy atom. The second kappa shape index (κ2) is 8.55. The summed E-state index contributed by atoms with van der Waals surface area (Å²) in [4.78, 5) is 22.7. The highest BCUT2D eigenvalue weighted by Gasteiger charge is 2.07. The van der Waals surface area contributed by atoms with Crippen molar-refractivity contribution in [1.29, 1.82) is 0 Å². The molecule has 3 N–H and O–H groups in total. The van der Waals surface area contributed by atoms with E-state index < -0.39 is 5.91 Å². The number of carbonyl (C=O) groups excluding carboxylic acids is 2. The van der Waals surface area contributed by atoms with Crippen molar-refractivity contribution < 1.29 is 14.3 Å². The maximum atomic E-state index is 11.6. The molecule has 8 heteroatoms. The van der Waals surface area contributed by atoms with Crippen LogP contribution in [0.25, 0.3) is 0 Å². The lowest BCUT2D eigenvalue weighted by molar-refractivity contribution is -0.124. The van der Waals surface area contributed by atoms with Gasteiger partial charge in [0.15, 0.2) is 11.7 Å². The van der Waals surface area contributed by atoms with E-state index in [2.05, 4.69) is 16.2 Å². The van der Waals surface area contributed by atoms with Crippen LogP contribution in [0.3, 0.4) is 0 Å². The van der Waals surface area contributed by atoms with Crippen LogP contribution < -0.4 is 20.9 Å². The third kappa shape index (κ3) is 5.87. The van der Waals surface area contributed by atoms with Gasteiger partial charge in [0.25, 0.3) is 5.91 Å². The van der Waals surface area contributed by atoms with E-state index in [1.165, 1.54) is 0 Å². The van der Waals surface area contributed by atoms with Crippen molar-refractivity contribution in [3.8, 4) is 5.75 Å². The molecule has 6 nitrogen and oxygen atoms in total. The number of carbonyl (C=O) groups is 2. The number of nitrogens with one attached hydrogen (secondary N) is 3. The number of thiocarbonyl (C=S) groups is 1. The lowest BCUT2D eigenvalue weighted by Crippen LogP contribution is -2.49. The summed E-state index contributed by atoms with van der Waals surface area (Å²) in [6.07, 6.45) is 0.300. The number of hydrazine groups is 1. The van der Waals surface area contributed by atoms with Gasteiger partial charge >= 0.3 is 0 Å². The first-order valence-corrected chi connectivity index (χ1v) is 7.40. The second-order valence-electron chi connectivity index (χ2n) is 4.56. The summed E-state index contributed by atoms with van der Waals surface area (Å²) in [5.74, 6) is -0.120. The minimum atomic E-state index is -0.432. The van der Waals surface area contributed by atoms with Gasteiger partial charge in [0, 0.05) is 11.4 Å². The molecule has 0 unspecified atom stereocenters. The fourth-order valence-electron chi connectivity index (χ4n) is 1.55. The maximum Gasteiger partial charge on any atom is 0.276 e. The van der Waals surface area contributed by atoms with E-state index in [9.17, 15) is 9.59 Å². The number of aryl methyl sites for hydroxylation is 2. The van der Waals surface area contributed by atoms with Gasteiger partial charge in [0.1, 0.15) is 5.75 Å². The molecule has 0 saturated heterocycles. The Bertz CT molecular complexity index is 570. The fraction of sp³-hybridized carbons (Fsp3) is 0.357. The molecular formula is C14H18ClN3O3S.